The first kappa shape index (κ1) is 15.5. The normalized spacial score (nSPS) is 11.0. The zero-order valence-corrected chi connectivity index (χ0v) is 12.6. The summed E-state index contributed by atoms with van der Waals surface area (Å²) in [6, 6.07) is 7.68. The topological polar surface area (TPSA) is 54.6 Å². The number of nitrogens with zero attached hydrogens (tertiary/aromatic N) is 1. The zero-order chi connectivity index (χ0) is 15.1. The molecule has 0 unspecified atom stereocenters. The second kappa shape index (κ2) is 7.81. The van der Waals surface area contributed by atoms with Crippen molar-refractivity contribution in [1.82, 2.24) is 9.88 Å². The molecule has 5 heteroatoms. The van der Waals surface area contributed by atoms with E-state index in [1.807, 2.05) is 35.4 Å². The van der Waals surface area contributed by atoms with Crippen LogP contribution in [0.2, 0.25) is 0 Å². The van der Waals surface area contributed by atoms with Crippen molar-refractivity contribution in [1.29, 1.82) is 0 Å². The highest BCUT2D eigenvalue weighted by Gasteiger charge is 2.15. The molecule has 0 fully saturated rings. The van der Waals surface area contributed by atoms with Gasteiger partial charge in [-0.2, -0.15) is 0 Å². The molecule has 0 aliphatic heterocycles. The third-order valence-corrected chi connectivity index (χ3v) is 3.43. The van der Waals surface area contributed by atoms with Crippen LogP contribution in [-0.2, 0) is 9.47 Å². The van der Waals surface area contributed by atoms with E-state index in [0.29, 0.717) is 31.9 Å². The second-order valence-corrected chi connectivity index (χ2v) is 4.91. The van der Waals surface area contributed by atoms with Crippen LogP contribution in [0.4, 0.5) is 0 Å². The molecule has 2 aromatic rings. The van der Waals surface area contributed by atoms with E-state index in [2.05, 4.69) is 4.98 Å². The molecule has 0 aliphatic rings. The highest BCUT2D eigenvalue weighted by molar-refractivity contribution is 5.98. The summed E-state index contributed by atoms with van der Waals surface area (Å²) in [7, 11) is 3.31. The Balaban J connectivity index is 2.10. The number of hydrogen-bond donors (Lipinski definition) is 1. The van der Waals surface area contributed by atoms with Gasteiger partial charge in [0, 0.05) is 56.6 Å². The monoisotopic (exact) mass is 290 g/mol. The van der Waals surface area contributed by atoms with E-state index < -0.39 is 0 Å². The molecule has 5 nitrogen and oxygen atoms in total. The molecule has 21 heavy (non-hydrogen) atoms. The lowest BCUT2D eigenvalue weighted by molar-refractivity contribution is 0.0674. The Kier molecular flexibility index (Phi) is 5.78. The van der Waals surface area contributed by atoms with E-state index in [4.69, 9.17) is 9.47 Å². The first-order valence-electron chi connectivity index (χ1n) is 7.10. The molecule has 1 aromatic heterocycles. The number of H-pyrrole nitrogens is 1. The van der Waals surface area contributed by atoms with Gasteiger partial charge in [-0.05, 0) is 30.7 Å². The summed E-state index contributed by atoms with van der Waals surface area (Å²) < 4.78 is 10.1. The predicted molar refractivity (Wildman–Crippen MR) is 82.6 cm³/mol. The van der Waals surface area contributed by atoms with E-state index in [1.54, 1.807) is 14.2 Å². The van der Waals surface area contributed by atoms with Gasteiger partial charge < -0.3 is 19.4 Å². The van der Waals surface area contributed by atoms with Crippen molar-refractivity contribution in [3.63, 3.8) is 0 Å². The van der Waals surface area contributed by atoms with Crippen molar-refractivity contribution in [3.8, 4) is 0 Å². The summed E-state index contributed by atoms with van der Waals surface area (Å²) in [6.07, 6.45) is 2.69. The zero-order valence-electron chi connectivity index (χ0n) is 12.6. The van der Waals surface area contributed by atoms with Crippen molar-refractivity contribution in [2.24, 2.45) is 0 Å². The van der Waals surface area contributed by atoms with E-state index in [-0.39, 0.29) is 5.91 Å². The van der Waals surface area contributed by atoms with Crippen LogP contribution in [0.15, 0.2) is 30.5 Å². The Morgan fingerprint density at radius 1 is 1.14 bits per heavy atom. The second-order valence-electron chi connectivity index (χ2n) is 4.91. The largest absolute Gasteiger partial charge is 0.385 e. The highest BCUT2D eigenvalue weighted by atomic mass is 16.5. The Hall–Kier alpha value is -1.85. The molecule has 0 atom stereocenters. The first-order chi connectivity index (χ1) is 10.3. The summed E-state index contributed by atoms with van der Waals surface area (Å²) in [6.45, 7) is 2.43. The number of aromatic nitrogens is 1. The Morgan fingerprint density at radius 2 is 1.95 bits per heavy atom. The number of amides is 1. The van der Waals surface area contributed by atoms with Gasteiger partial charge in [0.05, 0.1) is 6.61 Å². The summed E-state index contributed by atoms with van der Waals surface area (Å²) in [4.78, 5) is 17.6. The summed E-state index contributed by atoms with van der Waals surface area (Å²) >= 11 is 0. The minimum atomic E-state index is 0.0336. The van der Waals surface area contributed by atoms with Crippen molar-refractivity contribution < 1.29 is 14.3 Å². The molecule has 0 spiro atoms. The maximum atomic E-state index is 12.6. The minimum Gasteiger partial charge on any atom is -0.385 e. The van der Waals surface area contributed by atoms with Crippen molar-refractivity contribution in [3.05, 3.63) is 36.0 Å². The molecule has 1 aromatic carbocycles. The SMILES string of the molecule is COCCCN(CCOC)C(=O)c1ccc2[nH]ccc2c1. The molecule has 1 heterocycles. The molecule has 0 radical (unpaired) electrons. The lowest BCUT2D eigenvalue weighted by atomic mass is 10.1. The third kappa shape index (κ3) is 4.06. The lowest BCUT2D eigenvalue weighted by Gasteiger charge is -2.22. The van der Waals surface area contributed by atoms with E-state index in [9.17, 15) is 4.79 Å². The van der Waals surface area contributed by atoms with Gasteiger partial charge in [0.15, 0.2) is 0 Å². The van der Waals surface area contributed by atoms with Crippen LogP contribution in [0.25, 0.3) is 10.9 Å². The number of nitrogens with one attached hydrogen (secondary N) is 1. The average Bonchev–Trinajstić information content (AvgIpc) is 2.97. The molecule has 0 aliphatic carbocycles. The first-order valence-corrected chi connectivity index (χ1v) is 7.10. The van der Waals surface area contributed by atoms with Gasteiger partial charge in [0.2, 0.25) is 0 Å². The van der Waals surface area contributed by atoms with Crippen LogP contribution in [0.3, 0.4) is 0 Å². The number of aromatic amines is 1. The Bertz CT molecular complexity index is 580. The van der Waals surface area contributed by atoms with Crippen molar-refractivity contribution >= 4 is 16.8 Å². The minimum absolute atomic E-state index is 0.0336. The number of carbonyl (C=O) groups is 1. The molecule has 1 N–H and O–H groups in total. The Labute approximate surface area is 124 Å². The molecule has 0 saturated heterocycles. The molecular formula is C16H22N2O3. The molecule has 0 bridgehead atoms. The van der Waals surface area contributed by atoms with Crippen LogP contribution >= 0.6 is 0 Å². The fourth-order valence-corrected chi connectivity index (χ4v) is 2.29. The van der Waals surface area contributed by atoms with Crippen LogP contribution < -0.4 is 0 Å². The quantitative estimate of drug-likeness (QED) is 0.759. The molecule has 2 rings (SSSR count). The highest BCUT2D eigenvalue weighted by Crippen LogP contribution is 2.16. The number of rotatable bonds is 8. The maximum Gasteiger partial charge on any atom is 0.253 e. The van der Waals surface area contributed by atoms with E-state index in [1.165, 1.54) is 0 Å². The summed E-state index contributed by atoms with van der Waals surface area (Å²) in [5, 5.41) is 1.05. The van der Waals surface area contributed by atoms with Crippen LogP contribution in [-0.4, -0.2) is 56.3 Å². The van der Waals surface area contributed by atoms with Crippen LogP contribution in [0, 0.1) is 0 Å². The van der Waals surface area contributed by atoms with Gasteiger partial charge in [-0.25, -0.2) is 0 Å². The molecule has 1 amide bonds. The molecule has 0 saturated carbocycles. The lowest BCUT2D eigenvalue weighted by Crippen LogP contribution is -2.35. The molecular weight excluding hydrogens is 268 g/mol. The average molecular weight is 290 g/mol. The summed E-state index contributed by atoms with van der Waals surface area (Å²) in [5.41, 5.74) is 1.74. The number of hydrogen-bond acceptors (Lipinski definition) is 3. The van der Waals surface area contributed by atoms with Gasteiger partial charge in [0.25, 0.3) is 5.91 Å². The smallest absolute Gasteiger partial charge is 0.253 e. The standard InChI is InChI=1S/C16H22N2O3/c1-20-10-3-8-18(9-11-21-2)16(19)14-4-5-15-13(12-14)6-7-17-15/h4-7,12,17H,3,8-11H2,1-2H3. The van der Waals surface area contributed by atoms with Crippen molar-refractivity contribution in [2.75, 3.05) is 40.5 Å². The third-order valence-electron chi connectivity index (χ3n) is 3.43. The predicted octanol–water partition coefficient (Wildman–Crippen LogP) is 2.29. The van der Waals surface area contributed by atoms with Crippen molar-refractivity contribution in [2.45, 2.75) is 6.42 Å². The Morgan fingerprint density at radius 3 is 2.71 bits per heavy atom. The fraction of sp³-hybridized carbons (Fsp3) is 0.438. The van der Waals surface area contributed by atoms with E-state index >= 15 is 0 Å². The van der Waals surface area contributed by atoms with E-state index in [0.717, 1.165) is 17.3 Å². The van der Waals surface area contributed by atoms with Gasteiger partial charge in [-0.15, -0.1) is 0 Å². The number of carbonyl (C=O) groups excluding carboxylic acids is 1. The van der Waals surface area contributed by atoms with Gasteiger partial charge >= 0.3 is 0 Å². The van der Waals surface area contributed by atoms with Gasteiger partial charge in [-0.3, -0.25) is 4.79 Å². The number of ether oxygens (including phenoxy) is 2. The summed E-state index contributed by atoms with van der Waals surface area (Å²) in [5.74, 6) is 0.0336. The maximum absolute atomic E-state index is 12.6. The van der Waals surface area contributed by atoms with Crippen LogP contribution in [0.5, 0.6) is 0 Å². The van der Waals surface area contributed by atoms with Gasteiger partial charge in [0.1, 0.15) is 0 Å². The molecule has 114 valence electrons. The number of fused-ring (bicyclic) bond motifs is 1. The number of benzene rings is 1. The van der Waals surface area contributed by atoms with Gasteiger partial charge in [-0.1, -0.05) is 0 Å². The van der Waals surface area contributed by atoms with Crippen LogP contribution in [0.1, 0.15) is 16.8 Å². The number of methoxy groups -OCH3 is 2. The fourth-order valence-electron chi connectivity index (χ4n) is 2.29.